The number of rotatable bonds is 8. The van der Waals surface area contributed by atoms with Gasteiger partial charge in [0.2, 0.25) is 0 Å². The fourth-order valence-corrected chi connectivity index (χ4v) is 2.80. The molecule has 0 saturated carbocycles. The summed E-state index contributed by atoms with van der Waals surface area (Å²) in [5.41, 5.74) is 3.45. The Morgan fingerprint density at radius 3 is 2.64 bits per heavy atom. The van der Waals surface area contributed by atoms with Gasteiger partial charge >= 0.3 is 0 Å². The molecule has 5 heteroatoms. The van der Waals surface area contributed by atoms with E-state index in [1.807, 2.05) is 38.1 Å². The lowest BCUT2D eigenvalue weighted by Crippen LogP contribution is -2.13. The predicted octanol–water partition coefficient (Wildman–Crippen LogP) is 6.07. The van der Waals surface area contributed by atoms with Crippen molar-refractivity contribution in [2.75, 3.05) is 11.9 Å². The van der Waals surface area contributed by atoms with Gasteiger partial charge in [-0.15, -0.1) is 0 Å². The van der Waals surface area contributed by atoms with E-state index in [0.717, 1.165) is 30.4 Å². The normalized spacial score (nSPS) is 11.0. The average molecular weight is 397 g/mol. The summed E-state index contributed by atoms with van der Waals surface area (Å²) in [6.07, 6.45) is 4.65. The van der Waals surface area contributed by atoms with Crippen molar-refractivity contribution in [3.05, 3.63) is 63.7 Å². The zero-order valence-electron chi connectivity index (χ0n) is 16.5. The van der Waals surface area contributed by atoms with Crippen LogP contribution in [0.5, 0.6) is 5.75 Å². The number of halogens is 1. The highest BCUT2D eigenvalue weighted by molar-refractivity contribution is 6.30. The van der Waals surface area contributed by atoms with Gasteiger partial charge in [-0.3, -0.25) is 4.79 Å². The number of aryl methyl sites for hydroxylation is 2. The van der Waals surface area contributed by atoms with Crippen molar-refractivity contribution < 1.29 is 9.53 Å². The molecule has 0 fully saturated rings. The topological polar surface area (TPSA) is 62.1 Å². The van der Waals surface area contributed by atoms with Crippen LogP contribution in [0.3, 0.4) is 0 Å². The van der Waals surface area contributed by atoms with Crippen LogP contribution in [0.4, 0.5) is 5.69 Å². The zero-order chi connectivity index (χ0) is 20.5. The van der Waals surface area contributed by atoms with E-state index in [0.29, 0.717) is 28.6 Å². The molecular weight excluding hydrogens is 372 g/mol. The highest BCUT2D eigenvalue weighted by Gasteiger charge is 2.12. The quantitative estimate of drug-likeness (QED) is 0.334. The van der Waals surface area contributed by atoms with Crippen LogP contribution in [0.15, 0.2) is 42.0 Å². The van der Waals surface area contributed by atoms with Crippen molar-refractivity contribution in [2.24, 2.45) is 0 Å². The molecule has 2 aromatic rings. The molecule has 1 N–H and O–H groups in total. The van der Waals surface area contributed by atoms with Gasteiger partial charge in [0.25, 0.3) is 5.91 Å². The maximum atomic E-state index is 12.6. The molecule has 0 spiro atoms. The molecule has 2 aromatic carbocycles. The number of hydrogen-bond acceptors (Lipinski definition) is 3. The second kappa shape index (κ2) is 10.5. The molecule has 0 aromatic heterocycles. The van der Waals surface area contributed by atoms with Gasteiger partial charge in [0.05, 0.1) is 6.61 Å². The van der Waals surface area contributed by atoms with E-state index in [1.54, 1.807) is 18.2 Å². The molecule has 4 nitrogen and oxygen atoms in total. The Kier molecular flexibility index (Phi) is 8.10. The monoisotopic (exact) mass is 396 g/mol. The lowest BCUT2D eigenvalue weighted by atomic mass is 10.1. The highest BCUT2D eigenvalue weighted by atomic mass is 35.5. The molecule has 0 atom stereocenters. The third-order valence-corrected chi connectivity index (χ3v) is 4.64. The molecule has 2 rings (SSSR count). The third kappa shape index (κ3) is 6.14. The number of carbonyl (C=O) groups is 1. The number of nitrogens with one attached hydrogen (secondary N) is 1. The van der Waals surface area contributed by atoms with E-state index < -0.39 is 5.91 Å². The number of ether oxygens (including phenoxy) is 1. The van der Waals surface area contributed by atoms with E-state index >= 15 is 0 Å². The molecule has 0 unspecified atom stereocenters. The average Bonchev–Trinajstić information content (AvgIpc) is 2.67. The molecule has 146 valence electrons. The van der Waals surface area contributed by atoms with Crippen LogP contribution in [-0.2, 0) is 4.79 Å². The molecule has 0 aliphatic heterocycles. The van der Waals surface area contributed by atoms with Crippen molar-refractivity contribution in [3.8, 4) is 11.8 Å². The van der Waals surface area contributed by atoms with Crippen molar-refractivity contribution in [3.63, 3.8) is 0 Å². The van der Waals surface area contributed by atoms with Gasteiger partial charge in [-0.25, -0.2) is 0 Å². The van der Waals surface area contributed by atoms with Gasteiger partial charge in [-0.05, 0) is 67.8 Å². The fraction of sp³-hybridized carbons (Fsp3) is 0.304. The summed E-state index contributed by atoms with van der Waals surface area (Å²) >= 11 is 6.10. The van der Waals surface area contributed by atoms with Gasteiger partial charge in [0.15, 0.2) is 0 Å². The van der Waals surface area contributed by atoms with Gasteiger partial charge in [-0.2, -0.15) is 5.26 Å². The first kappa shape index (κ1) is 21.5. The van der Waals surface area contributed by atoms with Crippen LogP contribution < -0.4 is 10.1 Å². The lowest BCUT2D eigenvalue weighted by molar-refractivity contribution is -0.112. The van der Waals surface area contributed by atoms with Crippen molar-refractivity contribution in [2.45, 2.75) is 40.0 Å². The number of hydrogen-bond donors (Lipinski definition) is 1. The molecule has 28 heavy (non-hydrogen) atoms. The number of amides is 1. The number of unbranched alkanes of at least 4 members (excludes halogenated alkanes) is 2. The molecule has 0 aliphatic rings. The lowest BCUT2D eigenvalue weighted by Gasteiger charge is -2.11. The standard InChI is InChI=1S/C23H25ClN2O2/c1-4-5-6-11-28-22-10-8-20(24)14-18(22)13-19(15-25)23(27)26-21-9-7-16(2)17(3)12-21/h7-10,12-14H,4-6,11H2,1-3H3,(H,26,27)/b19-13+. The Labute approximate surface area is 171 Å². The van der Waals surface area contributed by atoms with Crippen molar-refractivity contribution in [1.82, 2.24) is 0 Å². The van der Waals surface area contributed by atoms with E-state index in [-0.39, 0.29) is 5.57 Å². The molecule has 0 radical (unpaired) electrons. The largest absolute Gasteiger partial charge is 0.493 e. The summed E-state index contributed by atoms with van der Waals surface area (Å²) in [5.74, 6) is 0.134. The molecular formula is C23H25ClN2O2. The number of benzene rings is 2. The van der Waals surface area contributed by atoms with Crippen LogP contribution in [0.25, 0.3) is 6.08 Å². The summed E-state index contributed by atoms with van der Waals surface area (Å²) in [4.78, 5) is 12.6. The van der Waals surface area contributed by atoms with Crippen LogP contribution in [0.2, 0.25) is 5.02 Å². The molecule has 0 bridgehead atoms. The smallest absolute Gasteiger partial charge is 0.266 e. The number of nitriles is 1. The first-order valence-corrected chi connectivity index (χ1v) is 9.75. The van der Waals surface area contributed by atoms with E-state index in [4.69, 9.17) is 16.3 Å². The maximum absolute atomic E-state index is 12.6. The first-order valence-electron chi connectivity index (χ1n) is 9.37. The van der Waals surface area contributed by atoms with Gasteiger partial charge in [0.1, 0.15) is 17.4 Å². The summed E-state index contributed by atoms with van der Waals surface area (Å²) in [7, 11) is 0. The first-order chi connectivity index (χ1) is 13.4. The maximum Gasteiger partial charge on any atom is 0.266 e. The second-order valence-corrected chi connectivity index (χ2v) is 7.10. The Morgan fingerprint density at radius 1 is 1.18 bits per heavy atom. The number of carbonyl (C=O) groups excluding carboxylic acids is 1. The summed E-state index contributed by atoms with van der Waals surface area (Å²) < 4.78 is 5.82. The van der Waals surface area contributed by atoms with Gasteiger partial charge in [0, 0.05) is 16.3 Å². The van der Waals surface area contributed by atoms with Crippen LogP contribution in [0, 0.1) is 25.2 Å². The Hall–Kier alpha value is -2.77. The molecule has 0 aliphatic carbocycles. The SMILES string of the molecule is CCCCCOc1ccc(Cl)cc1/C=C(\C#N)C(=O)Nc1ccc(C)c(C)c1. The number of anilines is 1. The fourth-order valence-electron chi connectivity index (χ4n) is 2.62. The second-order valence-electron chi connectivity index (χ2n) is 6.66. The van der Waals surface area contributed by atoms with Crippen LogP contribution in [-0.4, -0.2) is 12.5 Å². The summed E-state index contributed by atoms with van der Waals surface area (Å²) in [6, 6.07) is 12.8. The van der Waals surface area contributed by atoms with Crippen molar-refractivity contribution in [1.29, 1.82) is 5.26 Å². The summed E-state index contributed by atoms with van der Waals surface area (Å²) in [6.45, 7) is 6.68. The molecule has 1 amide bonds. The highest BCUT2D eigenvalue weighted by Crippen LogP contribution is 2.26. The van der Waals surface area contributed by atoms with Crippen molar-refractivity contribution >= 4 is 29.3 Å². The van der Waals surface area contributed by atoms with E-state index in [2.05, 4.69) is 12.2 Å². The summed E-state index contributed by atoms with van der Waals surface area (Å²) in [5, 5.41) is 12.8. The Bertz CT molecular complexity index is 913. The zero-order valence-corrected chi connectivity index (χ0v) is 17.3. The minimum atomic E-state index is -0.470. The van der Waals surface area contributed by atoms with Gasteiger partial charge < -0.3 is 10.1 Å². The van der Waals surface area contributed by atoms with Crippen LogP contribution in [0.1, 0.15) is 42.9 Å². The number of nitrogens with zero attached hydrogens (tertiary/aromatic N) is 1. The minimum Gasteiger partial charge on any atom is -0.493 e. The third-order valence-electron chi connectivity index (χ3n) is 4.41. The minimum absolute atomic E-state index is 0.0149. The predicted molar refractivity (Wildman–Crippen MR) is 115 cm³/mol. The van der Waals surface area contributed by atoms with Crippen LogP contribution >= 0.6 is 11.6 Å². The van der Waals surface area contributed by atoms with Gasteiger partial charge in [-0.1, -0.05) is 37.4 Å². The molecule has 0 heterocycles. The van der Waals surface area contributed by atoms with E-state index in [1.165, 1.54) is 6.08 Å². The Balaban J connectivity index is 2.22. The Morgan fingerprint density at radius 2 is 1.96 bits per heavy atom. The van der Waals surface area contributed by atoms with E-state index in [9.17, 15) is 10.1 Å². The molecule has 0 saturated heterocycles.